The van der Waals surface area contributed by atoms with Crippen LogP contribution >= 0.6 is 15.9 Å². The maximum Gasteiger partial charge on any atom is 0.262 e. The second-order valence-electron chi connectivity index (χ2n) is 5.07. The summed E-state index contributed by atoms with van der Waals surface area (Å²) in [6, 6.07) is 10.5. The van der Waals surface area contributed by atoms with Gasteiger partial charge in [-0.2, -0.15) is 0 Å². The first-order valence-corrected chi connectivity index (χ1v) is 7.55. The smallest absolute Gasteiger partial charge is 0.262 e. The number of benzene rings is 2. The van der Waals surface area contributed by atoms with Gasteiger partial charge in [0, 0.05) is 22.4 Å². The van der Waals surface area contributed by atoms with Gasteiger partial charge in [-0.15, -0.1) is 0 Å². The Morgan fingerprint density at radius 3 is 2.86 bits per heavy atom. The number of nitrogens with zero attached hydrogens (tertiary/aromatic N) is 1. The minimum atomic E-state index is -0.202. The van der Waals surface area contributed by atoms with E-state index in [4.69, 9.17) is 5.73 Å². The van der Waals surface area contributed by atoms with Crippen LogP contribution in [0.1, 0.15) is 22.3 Å². The molecular formula is C16H15BrN2O2. The molecule has 0 atom stereocenters. The average molecular weight is 347 g/mol. The van der Waals surface area contributed by atoms with E-state index in [-0.39, 0.29) is 11.7 Å². The lowest BCUT2D eigenvalue weighted by molar-refractivity contribution is 0.0982. The number of carbonyl (C=O) groups excluding carboxylic acids is 1. The molecule has 0 saturated heterocycles. The van der Waals surface area contributed by atoms with Gasteiger partial charge in [0.1, 0.15) is 5.75 Å². The van der Waals surface area contributed by atoms with Gasteiger partial charge < -0.3 is 15.7 Å². The molecule has 1 aliphatic heterocycles. The van der Waals surface area contributed by atoms with Gasteiger partial charge in [0.2, 0.25) is 0 Å². The summed E-state index contributed by atoms with van der Waals surface area (Å²) >= 11 is 3.28. The second kappa shape index (κ2) is 5.41. The Morgan fingerprint density at radius 2 is 2.10 bits per heavy atom. The fraction of sp³-hybridized carbons (Fsp3) is 0.188. The predicted octanol–water partition coefficient (Wildman–Crippen LogP) is 3.33. The van der Waals surface area contributed by atoms with Gasteiger partial charge >= 0.3 is 0 Å². The fourth-order valence-electron chi connectivity index (χ4n) is 2.69. The summed E-state index contributed by atoms with van der Waals surface area (Å²) in [4.78, 5) is 14.4. The largest absolute Gasteiger partial charge is 0.507 e. The molecule has 0 unspecified atom stereocenters. The van der Waals surface area contributed by atoms with Crippen molar-refractivity contribution in [1.82, 2.24) is 0 Å². The highest BCUT2D eigenvalue weighted by Gasteiger charge is 2.26. The minimum Gasteiger partial charge on any atom is -0.507 e. The van der Waals surface area contributed by atoms with Gasteiger partial charge in [-0.05, 0) is 48.7 Å². The molecule has 3 N–H and O–H groups in total. The van der Waals surface area contributed by atoms with E-state index < -0.39 is 0 Å². The maximum atomic E-state index is 12.7. The van der Waals surface area contributed by atoms with E-state index in [0.717, 1.165) is 28.6 Å². The van der Waals surface area contributed by atoms with Crippen LogP contribution in [0.2, 0.25) is 0 Å². The van der Waals surface area contributed by atoms with Crippen molar-refractivity contribution in [3.05, 3.63) is 52.0 Å². The third-order valence-electron chi connectivity index (χ3n) is 3.72. The highest BCUT2D eigenvalue weighted by atomic mass is 79.9. The molecule has 4 nitrogen and oxygen atoms in total. The Bertz CT molecular complexity index is 715. The van der Waals surface area contributed by atoms with Crippen LogP contribution in [0.4, 0.5) is 11.4 Å². The van der Waals surface area contributed by atoms with E-state index in [1.165, 1.54) is 6.07 Å². The summed E-state index contributed by atoms with van der Waals surface area (Å²) in [6.45, 7) is 0.630. The van der Waals surface area contributed by atoms with Crippen LogP contribution < -0.4 is 10.6 Å². The molecule has 0 spiro atoms. The molecule has 0 bridgehead atoms. The van der Waals surface area contributed by atoms with E-state index in [1.54, 1.807) is 17.0 Å². The number of phenols is 1. The van der Waals surface area contributed by atoms with E-state index >= 15 is 0 Å². The van der Waals surface area contributed by atoms with Gasteiger partial charge in [0.05, 0.1) is 5.56 Å². The number of nitrogen functional groups attached to an aromatic ring is 1. The lowest BCUT2D eigenvalue weighted by Gasteiger charge is -2.30. The summed E-state index contributed by atoms with van der Waals surface area (Å²) in [5, 5.41) is 9.99. The number of nitrogens with two attached hydrogens (primary N) is 1. The van der Waals surface area contributed by atoms with E-state index in [0.29, 0.717) is 17.8 Å². The molecule has 5 heteroatoms. The van der Waals surface area contributed by atoms with E-state index in [2.05, 4.69) is 15.9 Å². The van der Waals surface area contributed by atoms with Crippen LogP contribution in [0, 0.1) is 0 Å². The van der Waals surface area contributed by atoms with Gasteiger partial charge in [-0.1, -0.05) is 22.0 Å². The molecule has 1 amide bonds. The second-order valence-corrected chi connectivity index (χ2v) is 5.98. The van der Waals surface area contributed by atoms with Crippen LogP contribution in [-0.2, 0) is 6.42 Å². The molecule has 0 aliphatic carbocycles. The molecule has 0 radical (unpaired) electrons. The zero-order valence-electron chi connectivity index (χ0n) is 11.3. The fourth-order valence-corrected chi connectivity index (χ4v) is 3.04. The van der Waals surface area contributed by atoms with Gasteiger partial charge in [0.25, 0.3) is 5.91 Å². The highest BCUT2D eigenvalue weighted by Crippen LogP contribution is 2.33. The molecular weight excluding hydrogens is 332 g/mol. The molecule has 0 aromatic heterocycles. The SMILES string of the molecule is Nc1cccc2c1CCCN2C(=O)c1ccc(Br)cc1O. The molecule has 1 aliphatic rings. The number of hydrogen-bond acceptors (Lipinski definition) is 3. The summed E-state index contributed by atoms with van der Waals surface area (Å²) in [5.74, 6) is -0.225. The standard InChI is InChI=1S/C16H15BrN2O2/c17-10-6-7-12(15(20)9-10)16(21)19-8-2-3-11-13(18)4-1-5-14(11)19/h1,4-7,9,20H,2-3,8,18H2. The first kappa shape index (κ1) is 13.9. The molecule has 1 heterocycles. The molecule has 108 valence electrons. The number of fused-ring (bicyclic) bond motifs is 1. The Labute approximate surface area is 131 Å². The number of hydrogen-bond donors (Lipinski definition) is 2. The topological polar surface area (TPSA) is 66.6 Å². The normalized spacial score (nSPS) is 13.9. The van der Waals surface area contributed by atoms with Crippen molar-refractivity contribution in [3.8, 4) is 5.75 Å². The van der Waals surface area contributed by atoms with Crippen molar-refractivity contribution in [2.75, 3.05) is 17.2 Å². The number of rotatable bonds is 1. The maximum absolute atomic E-state index is 12.7. The minimum absolute atomic E-state index is 0.0228. The van der Waals surface area contributed by atoms with Crippen LogP contribution in [0.15, 0.2) is 40.9 Å². The molecule has 3 rings (SSSR count). The first-order chi connectivity index (χ1) is 10.1. The molecule has 2 aromatic carbocycles. The van der Waals surface area contributed by atoms with E-state index in [9.17, 15) is 9.90 Å². The number of amides is 1. The van der Waals surface area contributed by atoms with Crippen LogP contribution in [0.3, 0.4) is 0 Å². The van der Waals surface area contributed by atoms with Crippen molar-refractivity contribution < 1.29 is 9.90 Å². The molecule has 2 aromatic rings. The summed E-state index contributed by atoms with van der Waals surface area (Å²) < 4.78 is 0.736. The summed E-state index contributed by atoms with van der Waals surface area (Å²) in [6.07, 6.45) is 1.74. The van der Waals surface area contributed by atoms with Crippen molar-refractivity contribution in [2.24, 2.45) is 0 Å². The zero-order chi connectivity index (χ0) is 15.0. The Morgan fingerprint density at radius 1 is 1.29 bits per heavy atom. The van der Waals surface area contributed by atoms with Crippen LogP contribution in [0.25, 0.3) is 0 Å². The van der Waals surface area contributed by atoms with Gasteiger partial charge in [0.15, 0.2) is 0 Å². The highest BCUT2D eigenvalue weighted by molar-refractivity contribution is 9.10. The van der Waals surface area contributed by atoms with Crippen LogP contribution in [0.5, 0.6) is 5.75 Å². The van der Waals surface area contributed by atoms with Crippen LogP contribution in [-0.4, -0.2) is 17.6 Å². The quantitative estimate of drug-likeness (QED) is 0.778. The predicted molar refractivity (Wildman–Crippen MR) is 86.7 cm³/mol. The average Bonchev–Trinajstić information content (AvgIpc) is 2.46. The monoisotopic (exact) mass is 346 g/mol. The lowest BCUT2D eigenvalue weighted by Crippen LogP contribution is -2.35. The van der Waals surface area contributed by atoms with Crippen molar-refractivity contribution >= 4 is 33.2 Å². The number of anilines is 2. The Hall–Kier alpha value is -2.01. The first-order valence-electron chi connectivity index (χ1n) is 6.75. The lowest BCUT2D eigenvalue weighted by atomic mass is 9.99. The zero-order valence-corrected chi connectivity index (χ0v) is 12.9. The number of carbonyl (C=O) groups is 1. The summed E-state index contributed by atoms with van der Waals surface area (Å²) in [7, 11) is 0. The Kier molecular flexibility index (Phi) is 3.59. The van der Waals surface area contributed by atoms with Crippen molar-refractivity contribution in [1.29, 1.82) is 0 Å². The van der Waals surface area contributed by atoms with E-state index in [1.807, 2.05) is 18.2 Å². The third kappa shape index (κ3) is 2.49. The van der Waals surface area contributed by atoms with Gasteiger partial charge in [-0.25, -0.2) is 0 Å². The number of aromatic hydroxyl groups is 1. The summed E-state index contributed by atoms with van der Waals surface area (Å²) in [5.41, 5.74) is 8.86. The Balaban J connectivity index is 2.02. The number of phenolic OH excluding ortho intramolecular Hbond substituents is 1. The van der Waals surface area contributed by atoms with Crippen molar-refractivity contribution in [3.63, 3.8) is 0 Å². The molecule has 21 heavy (non-hydrogen) atoms. The van der Waals surface area contributed by atoms with Gasteiger partial charge in [-0.3, -0.25) is 4.79 Å². The van der Waals surface area contributed by atoms with Crippen molar-refractivity contribution in [2.45, 2.75) is 12.8 Å². The molecule has 0 fully saturated rings. The number of halogens is 1. The molecule has 0 saturated carbocycles. The third-order valence-corrected chi connectivity index (χ3v) is 4.22.